The molecule has 0 fully saturated rings. The van der Waals surface area contributed by atoms with Gasteiger partial charge in [-0.1, -0.05) is 23.8 Å². The number of benzene rings is 1. The van der Waals surface area contributed by atoms with E-state index in [0.717, 1.165) is 30.6 Å². The van der Waals surface area contributed by atoms with Crippen molar-refractivity contribution in [3.05, 3.63) is 52.1 Å². The van der Waals surface area contributed by atoms with Crippen molar-refractivity contribution in [1.82, 2.24) is 20.2 Å². The predicted octanol–water partition coefficient (Wildman–Crippen LogP) is 1.13. The van der Waals surface area contributed by atoms with E-state index in [4.69, 9.17) is 0 Å². The van der Waals surface area contributed by atoms with Gasteiger partial charge in [0.15, 0.2) is 0 Å². The third kappa shape index (κ3) is 3.71. The minimum absolute atomic E-state index is 0.0503. The normalized spacial score (nSPS) is 14.5. The Hall–Kier alpha value is -2.47. The topological polar surface area (TPSA) is 76.0 Å². The van der Waals surface area contributed by atoms with E-state index in [1.807, 2.05) is 19.1 Å². The lowest BCUT2D eigenvalue weighted by Crippen LogP contribution is -2.31. The molecule has 0 aliphatic carbocycles. The second-order valence-electron chi connectivity index (χ2n) is 6.06. The minimum atomic E-state index is -0.0995. The Bertz CT molecular complexity index is 839. The number of hydrogen-bond acceptors (Lipinski definition) is 4. The molecule has 6 nitrogen and oxygen atoms in total. The van der Waals surface area contributed by atoms with Gasteiger partial charge in [0.1, 0.15) is 0 Å². The van der Waals surface area contributed by atoms with Crippen molar-refractivity contribution < 1.29 is 4.79 Å². The Balaban J connectivity index is 1.61. The molecule has 1 aromatic carbocycles. The molecule has 2 heterocycles. The number of carbonyl (C=O) groups is 1. The van der Waals surface area contributed by atoms with Crippen LogP contribution in [0, 0.1) is 6.92 Å². The fourth-order valence-corrected chi connectivity index (χ4v) is 2.85. The van der Waals surface area contributed by atoms with Gasteiger partial charge in [0.25, 0.3) is 5.56 Å². The highest BCUT2D eigenvalue weighted by Crippen LogP contribution is 2.11. The van der Waals surface area contributed by atoms with Crippen molar-refractivity contribution in [2.75, 3.05) is 19.6 Å². The van der Waals surface area contributed by atoms with Crippen molar-refractivity contribution in [2.45, 2.75) is 26.3 Å². The monoisotopic (exact) mass is 326 g/mol. The van der Waals surface area contributed by atoms with Gasteiger partial charge in [0, 0.05) is 26.1 Å². The first-order valence-corrected chi connectivity index (χ1v) is 8.25. The summed E-state index contributed by atoms with van der Waals surface area (Å²) >= 11 is 0. The fraction of sp³-hybridized carbons (Fsp3) is 0.389. The summed E-state index contributed by atoms with van der Waals surface area (Å²) in [6.45, 7) is 4.68. The molecule has 0 bridgehead atoms. The van der Waals surface area contributed by atoms with Crippen molar-refractivity contribution in [3.8, 4) is 0 Å². The molecule has 1 aliphatic heterocycles. The van der Waals surface area contributed by atoms with Crippen LogP contribution >= 0.6 is 0 Å². The van der Waals surface area contributed by atoms with Gasteiger partial charge in [-0.05, 0) is 31.5 Å². The average Bonchev–Trinajstić information content (AvgIpc) is 2.61. The lowest BCUT2D eigenvalue weighted by atomic mass is 10.1. The molecule has 0 saturated heterocycles. The molecule has 24 heavy (non-hydrogen) atoms. The van der Waals surface area contributed by atoms with Crippen LogP contribution in [0.25, 0.3) is 10.9 Å². The average molecular weight is 326 g/mol. The zero-order chi connectivity index (χ0) is 16.9. The van der Waals surface area contributed by atoms with Gasteiger partial charge < -0.3 is 10.6 Å². The predicted molar refractivity (Wildman–Crippen MR) is 93.9 cm³/mol. The van der Waals surface area contributed by atoms with E-state index >= 15 is 0 Å². The summed E-state index contributed by atoms with van der Waals surface area (Å²) < 4.78 is 1.51. The summed E-state index contributed by atoms with van der Waals surface area (Å²) in [5, 5.41) is 6.75. The lowest BCUT2D eigenvalue weighted by Gasteiger charge is -2.14. The number of hydrogen-bond donors (Lipinski definition) is 2. The van der Waals surface area contributed by atoms with Crippen LogP contribution in [0.3, 0.4) is 0 Å². The Labute approximate surface area is 140 Å². The molecule has 0 saturated carbocycles. The smallest absolute Gasteiger partial charge is 0.261 e. The first kappa shape index (κ1) is 16.4. The van der Waals surface area contributed by atoms with E-state index < -0.39 is 0 Å². The van der Waals surface area contributed by atoms with E-state index in [9.17, 15) is 9.59 Å². The van der Waals surface area contributed by atoms with Crippen molar-refractivity contribution in [2.24, 2.45) is 0 Å². The number of nitrogens with one attached hydrogen (secondary N) is 2. The van der Waals surface area contributed by atoms with Gasteiger partial charge in [-0.15, -0.1) is 0 Å². The second-order valence-corrected chi connectivity index (χ2v) is 6.06. The van der Waals surface area contributed by atoms with Crippen LogP contribution < -0.4 is 16.2 Å². The Morgan fingerprint density at radius 2 is 2.29 bits per heavy atom. The van der Waals surface area contributed by atoms with Crippen molar-refractivity contribution >= 4 is 16.8 Å². The number of aryl methyl sites for hydroxylation is 2. The Morgan fingerprint density at radius 3 is 3.08 bits per heavy atom. The first-order chi connectivity index (χ1) is 11.6. The summed E-state index contributed by atoms with van der Waals surface area (Å²) in [7, 11) is 0. The van der Waals surface area contributed by atoms with Gasteiger partial charge in [0.05, 0.1) is 17.2 Å². The molecule has 0 unspecified atom stereocenters. The van der Waals surface area contributed by atoms with Crippen LogP contribution in [-0.4, -0.2) is 35.1 Å². The molecule has 126 valence electrons. The van der Waals surface area contributed by atoms with E-state index in [0.29, 0.717) is 18.5 Å². The molecule has 0 atom stereocenters. The van der Waals surface area contributed by atoms with Crippen LogP contribution in [0.2, 0.25) is 0 Å². The van der Waals surface area contributed by atoms with Crippen LogP contribution in [0.1, 0.15) is 18.4 Å². The van der Waals surface area contributed by atoms with Crippen molar-refractivity contribution in [3.63, 3.8) is 0 Å². The number of nitrogens with zero attached hydrogens (tertiary/aromatic N) is 2. The van der Waals surface area contributed by atoms with Crippen LogP contribution in [0.15, 0.2) is 41.0 Å². The number of fused-ring (bicyclic) bond motifs is 1. The largest absolute Gasteiger partial charge is 0.352 e. The lowest BCUT2D eigenvalue weighted by molar-refractivity contribution is -0.121. The highest BCUT2D eigenvalue weighted by molar-refractivity contribution is 5.80. The molecule has 1 amide bonds. The Morgan fingerprint density at radius 1 is 1.42 bits per heavy atom. The summed E-state index contributed by atoms with van der Waals surface area (Å²) in [6.07, 6.45) is 4.88. The number of aromatic nitrogens is 2. The number of para-hydroxylation sites is 1. The van der Waals surface area contributed by atoms with E-state index in [-0.39, 0.29) is 17.9 Å². The molecular formula is C18H22N4O2. The molecule has 1 aliphatic rings. The van der Waals surface area contributed by atoms with Gasteiger partial charge in [0.2, 0.25) is 5.91 Å². The highest BCUT2D eigenvalue weighted by Gasteiger charge is 2.09. The molecule has 0 radical (unpaired) electrons. The molecule has 6 heteroatoms. The van der Waals surface area contributed by atoms with E-state index in [1.54, 1.807) is 6.07 Å². The maximum atomic E-state index is 12.5. The molecule has 3 rings (SSSR count). The molecule has 0 spiro atoms. The molecule has 2 aromatic rings. The van der Waals surface area contributed by atoms with Gasteiger partial charge >= 0.3 is 0 Å². The van der Waals surface area contributed by atoms with Gasteiger partial charge in [-0.3, -0.25) is 14.2 Å². The quantitative estimate of drug-likeness (QED) is 0.808. The zero-order valence-corrected chi connectivity index (χ0v) is 13.8. The molecule has 1 aromatic heterocycles. The first-order valence-electron chi connectivity index (χ1n) is 8.25. The summed E-state index contributed by atoms with van der Waals surface area (Å²) in [6, 6.07) is 5.56. The number of rotatable bonds is 5. The van der Waals surface area contributed by atoms with Crippen LogP contribution in [0.4, 0.5) is 0 Å². The summed E-state index contributed by atoms with van der Waals surface area (Å²) in [4.78, 5) is 28.8. The maximum absolute atomic E-state index is 12.5. The van der Waals surface area contributed by atoms with E-state index in [1.165, 1.54) is 16.5 Å². The zero-order valence-electron chi connectivity index (χ0n) is 13.8. The molecule has 2 N–H and O–H groups in total. The summed E-state index contributed by atoms with van der Waals surface area (Å²) in [5.41, 5.74) is 2.85. The second kappa shape index (κ2) is 7.40. The summed E-state index contributed by atoms with van der Waals surface area (Å²) in [5.74, 6) is -0.0503. The van der Waals surface area contributed by atoms with Crippen LogP contribution in [0.5, 0.6) is 0 Å². The fourth-order valence-electron chi connectivity index (χ4n) is 2.85. The number of amides is 1. The van der Waals surface area contributed by atoms with Crippen molar-refractivity contribution in [1.29, 1.82) is 0 Å². The third-order valence-electron chi connectivity index (χ3n) is 4.31. The number of carbonyl (C=O) groups excluding carboxylic acids is 1. The molecular weight excluding hydrogens is 304 g/mol. The van der Waals surface area contributed by atoms with Gasteiger partial charge in [-0.2, -0.15) is 0 Å². The highest BCUT2D eigenvalue weighted by atomic mass is 16.1. The third-order valence-corrected chi connectivity index (χ3v) is 4.31. The Kier molecular flexibility index (Phi) is 5.05. The van der Waals surface area contributed by atoms with Crippen LogP contribution in [-0.2, 0) is 11.3 Å². The van der Waals surface area contributed by atoms with E-state index in [2.05, 4.69) is 21.7 Å². The minimum Gasteiger partial charge on any atom is -0.352 e. The SMILES string of the molecule is Cc1cccc2c(=O)n(CCC(=O)NCC3=CCNCC3)cnc12. The van der Waals surface area contributed by atoms with Gasteiger partial charge in [-0.25, -0.2) is 4.98 Å². The standard InChI is InChI=1S/C18H22N4O2/c1-13-3-2-4-15-17(13)21-12-22(18(15)24)10-7-16(23)20-11-14-5-8-19-9-6-14/h2-5,12,19H,6-11H2,1H3,(H,20,23). The maximum Gasteiger partial charge on any atom is 0.261 e.